The third kappa shape index (κ3) is 6.72. The number of ether oxygens (including phenoxy) is 2. The second-order valence-electron chi connectivity index (χ2n) is 11.3. The van der Waals surface area contributed by atoms with E-state index in [0.29, 0.717) is 68.3 Å². The lowest BCUT2D eigenvalue weighted by atomic mass is 9.81. The van der Waals surface area contributed by atoms with Crippen molar-refractivity contribution in [3.8, 4) is 22.8 Å². The number of hydrogen-bond donors (Lipinski definition) is 3. The molecule has 11 heteroatoms. The normalized spacial score (nSPS) is 14.7. The number of aromatic nitrogens is 2. The summed E-state index contributed by atoms with van der Waals surface area (Å²) >= 11 is 6.32. The molecule has 2 aromatic heterocycles. The van der Waals surface area contributed by atoms with Crippen LogP contribution < -0.4 is 20.5 Å². The highest BCUT2D eigenvalue weighted by Gasteiger charge is 2.42. The first-order valence-electron chi connectivity index (χ1n) is 14.9. The number of aryl methyl sites for hydroxylation is 1. The second-order valence-corrected chi connectivity index (χ2v) is 11.7. The largest absolute Gasteiger partial charge is 0.494 e. The summed E-state index contributed by atoms with van der Waals surface area (Å²) in [5, 5.41) is 16.5. The molecule has 0 saturated heterocycles. The number of methoxy groups -OCH3 is 1. The highest BCUT2D eigenvalue weighted by molar-refractivity contribution is 6.31. The van der Waals surface area contributed by atoms with Crippen LogP contribution in [0.2, 0.25) is 5.02 Å². The number of fused-ring (bicyclic) bond motifs is 1. The summed E-state index contributed by atoms with van der Waals surface area (Å²) in [5.74, 6) is -0.944. The number of nitrogens with zero attached hydrogens (tertiary/aromatic N) is 2. The number of benzene rings is 2. The fourth-order valence-electron chi connectivity index (χ4n) is 6.01. The number of amides is 2. The van der Waals surface area contributed by atoms with E-state index in [1.165, 1.54) is 19.2 Å². The summed E-state index contributed by atoms with van der Waals surface area (Å²) in [5.41, 5.74) is 7.10. The molecule has 1 aliphatic carbocycles. The maximum absolute atomic E-state index is 13.9. The van der Waals surface area contributed by atoms with Gasteiger partial charge >= 0.3 is 0 Å². The van der Waals surface area contributed by atoms with Crippen molar-refractivity contribution in [1.82, 2.24) is 15.3 Å². The maximum Gasteiger partial charge on any atom is 0.251 e. The van der Waals surface area contributed by atoms with Crippen molar-refractivity contribution in [2.45, 2.75) is 51.6 Å². The van der Waals surface area contributed by atoms with E-state index >= 15 is 0 Å². The summed E-state index contributed by atoms with van der Waals surface area (Å²) in [6, 6.07) is 12.4. The minimum absolute atomic E-state index is 0.163. The SMILES string of the molecule is CCOc1c(CC(N)=O)cc([C@@](O)(CNC(=O)c2cc(OC)c3nc(C)c(Cl)cc3c2)C2CCCC2)nc1-c1ccc(F)cc1. The van der Waals surface area contributed by atoms with Gasteiger partial charge < -0.3 is 25.6 Å². The molecule has 1 atom stereocenters. The molecule has 0 aliphatic heterocycles. The zero-order valence-corrected chi connectivity index (χ0v) is 26.2. The van der Waals surface area contributed by atoms with E-state index in [9.17, 15) is 19.1 Å². The van der Waals surface area contributed by atoms with Gasteiger partial charge in [0.15, 0.2) is 0 Å². The number of carbonyl (C=O) groups is 2. The third-order valence-electron chi connectivity index (χ3n) is 8.31. The van der Waals surface area contributed by atoms with Gasteiger partial charge in [-0.2, -0.15) is 0 Å². The molecular formula is C34H36ClFN4O5. The number of carbonyl (C=O) groups excluding carboxylic acids is 2. The Labute approximate surface area is 265 Å². The van der Waals surface area contributed by atoms with Gasteiger partial charge in [-0.25, -0.2) is 14.4 Å². The second kappa shape index (κ2) is 13.4. The first-order valence-corrected chi connectivity index (χ1v) is 15.3. The number of hydrogen-bond acceptors (Lipinski definition) is 7. The molecule has 0 bridgehead atoms. The molecule has 236 valence electrons. The lowest BCUT2D eigenvalue weighted by molar-refractivity contribution is -0.117. The lowest BCUT2D eigenvalue weighted by Gasteiger charge is -2.35. The Hall–Kier alpha value is -4.28. The molecule has 2 aromatic carbocycles. The summed E-state index contributed by atoms with van der Waals surface area (Å²) in [6.07, 6.45) is 3.08. The van der Waals surface area contributed by atoms with Crippen LogP contribution in [0, 0.1) is 18.7 Å². The fraction of sp³-hybridized carbons (Fsp3) is 0.353. The predicted octanol–water partition coefficient (Wildman–Crippen LogP) is 5.64. The monoisotopic (exact) mass is 634 g/mol. The summed E-state index contributed by atoms with van der Waals surface area (Å²) in [6.45, 7) is 3.70. The van der Waals surface area contributed by atoms with Crippen molar-refractivity contribution in [2.24, 2.45) is 11.7 Å². The summed E-state index contributed by atoms with van der Waals surface area (Å²) in [7, 11) is 1.50. The Morgan fingerprint density at radius 2 is 1.84 bits per heavy atom. The molecule has 1 aliphatic rings. The minimum atomic E-state index is -1.61. The molecule has 5 rings (SSSR count). The average molecular weight is 635 g/mol. The molecule has 0 spiro atoms. The highest BCUT2D eigenvalue weighted by Crippen LogP contribution is 2.43. The molecule has 4 aromatic rings. The van der Waals surface area contributed by atoms with E-state index in [1.54, 1.807) is 50.2 Å². The number of primary amides is 1. The van der Waals surface area contributed by atoms with Crippen molar-refractivity contribution in [3.63, 3.8) is 0 Å². The van der Waals surface area contributed by atoms with Gasteiger partial charge in [0.2, 0.25) is 5.91 Å². The van der Waals surface area contributed by atoms with E-state index in [-0.39, 0.29) is 31.2 Å². The first kappa shape index (κ1) is 32.1. The molecule has 2 heterocycles. The van der Waals surface area contributed by atoms with Crippen LogP contribution in [-0.2, 0) is 16.8 Å². The smallest absolute Gasteiger partial charge is 0.251 e. The quantitative estimate of drug-likeness (QED) is 0.194. The van der Waals surface area contributed by atoms with Crippen molar-refractivity contribution in [3.05, 3.63) is 81.9 Å². The van der Waals surface area contributed by atoms with E-state index in [1.807, 2.05) is 0 Å². The van der Waals surface area contributed by atoms with E-state index in [0.717, 1.165) is 12.8 Å². The van der Waals surface area contributed by atoms with Gasteiger partial charge in [0, 0.05) is 22.1 Å². The molecule has 1 saturated carbocycles. The van der Waals surface area contributed by atoms with Crippen molar-refractivity contribution < 1.29 is 28.6 Å². The Morgan fingerprint density at radius 3 is 2.49 bits per heavy atom. The van der Waals surface area contributed by atoms with E-state index < -0.39 is 23.2 Å². The molecule has 4 N–H and O–H groups in total. The van der Waals surface area contributed by atoms with Crippen molar-refractivity contribution >= 4 is 34.3 Å². The predicted molar refractivity (Wildman–Crippen MR) is 170 cm³/mol. The van der Waals surface area contributed by atoms with Gasteiger partial charge in [-0.15, -0.1) is 0 Å². The van der Waals surface area contributed by atoms with Crippen LogP contribution >= 0.6 is 11.6 Å². The highest BCUT2D eigenvalue weighted by atomic mass is 35.5. The van der Waals surface area contributed by atoms with Crippen LogP contribution in [0.15, 0.2) is 48.5 Å². The third-order valence-corrected chi connectivity index (χ3v) is 8.69. The maximum atomic E-state index is 13.9. The van der Waals surface area contributed by atoms with Crippen LogP contribution in [0.25, 0.3) is 22.2 Å². The topological polar surface area (TPSA) is 137 Å². The zero-order valence-electron chi connectivity index (χ0n) is 25.5. The number of nitrogens with two attached hydrogens (primary N) is 1. The standard InChI is InChI=1S/C34H36ClFN4O5/c1-4-45-32-22(17-29(37)41)16-28(40-31(32)20-9-11-25(36)12-10-20)34(43,24-7-5-6-8-24)18-38-33(42)23-13-21-14-26(35)19(2)39-30(21)27(15-23)44-3/h9-16,24,43H,4-8,17-18H2,1-3H3,(H2,37,41)(H,38,42)/t34-/m1/s1. The van der Waals surface area contributed by atoms with Gasteiger partial charge in [0.1, 0.15) is 34.1 Å². The van der Waals surface area contributed by atoms with Gasteiger partial charge in [-0.1, -0.05) is 24.4 Å². The number of halogens is 2. The van der Waals surface area contributed by atoms with Crippen molar-refractivity contribution in [2.75, 3.05) is 20.3 Å². The van der Waals surface area contributed by atoms with Crippen molar-refractivity contribution in [1.29, 1.82) is 0 Å². The average Bonchev–Trinajstić information content (AvgIpc) is 3.57. The number of nitrogens with one attached hydrogen (secondary N) is 1. The molecule has 1 fully saturated rings. The lowest BCUT2D eigenvalue weighted by Crippen LogP contribution is -2.46. The fourth-order valence-corrected chi connectivity index (χ4v) is 6.17. The summed E-state index contributed by atoms with van der Waals surface area (Å²) in [4.78, 5) is 35.1. The van der Waals surface area contributed by atoms with Gasteiger partial charge in [0.25, 0.3) is 5.91 Å². The Kier molecular flexibility index (Phi) is 9.55. The molecule has 9 nitrogen and oxygen atoms in total. The molecule has 45 heavy (non-hydrogen) atoms. The van der Waals surface area contributed by atoms with E-state index in [2.05, 4.69) is 10.3 Å². The molecular weight excluding hydrogens is 599 g/mol. The Bertz CT molecular complexity index is 1740. The van der Waals surface area contributed by atoms with Crippen LogP contribution in [0.4, 0.5) is 4.39 Å². The molecule has 0 unspecified atom stereocenters. The van der Waals surface area contributed by atoms with Gasteiger partial charge in [0.05, 0.1) is 43.1 Å². The number of aliphatic hydroxyl groups is 1. The van der Waals surface area contributed by atoms with Crippen LogP contribution in [-0.4, -0.2) is 47.2 Å². The van der Waals surface area contributed by atoms with Crippen LogP contribution in [0.1, 0.15) is 59.9 Å². The zero-order chi connectivity index (χ0) is 32.3. The number of rotatable bonds is 11. The summed E-state index contributed by atoms with van der Waals surface area (Å²) < 4.78 is 25.3. The Morgan fingerprint density at radius 1 is 1.13 bits per heavy atom. The van der Waals surface area contributed by atoms with Crippen LogP contribution in [0.3, 0.4) is 0 Å². The molecule has 2 amide bonds. The van der Waals surface area contributed by atoms with Crippen LogP contribution in [0.5, 0.6) is 11.5 Å². The van der Waals surface area contributed by atoms with E-state index in [4.69, 9.17) is 31.8 Å². The number of pyridine rings is 2. The minimum Gasteiger partial charge on any atom is -0.494 e. The first-order chi connectivity index (χ1) is 21.5. The van der Waals surface area contributed by atoms with Gasteiger partial charge in [-0.3, -0.25) is 9.59 Å². The Balaban J connectivity index is 1.57. The molecule has 0 radical (unpaired) electrons. The van der Waals surface area contributed by atoms with Gasteiger partial charge in [-0.05, 0) is 81.1 Å².